The number of hydrogen-bond acceptors (Lipinski definition) is 4. The minimum Gasteiger partial charge on any atom is -0.491 e. The highest BCUT2D eigenvalue weighted by atomic mass is 16.5. The Balaban J connectivity index is 2.30. The van der Waals surface area contributed by atoms with Crippen molar-refractivity contribution in [2.75, 3.05) is 26.4 Å². The van der Waals surface area contributed by atoms with Gasteiger partial charge >= 0.3 is 0 Å². The zero-order valence-corrected chi connectivity index (χ0v) is 10.3. The van der Waals surface area contributed by atoms with Crippen molar-refractivity contribution in [1.82, 2.24) is 0 Å². The monoisotopic (exact) mass is 239 g/mol. The van der Waals surface area contributed by atoms with E-state index in [2.05, 4.69) is 6.92 Å². The third-order valence-corrected chi connectivity index (χ3v) is 2.48. The lowest BCUT2D eigenvalue weighted by Gasteiger charge is -2.10. The van der Waals surface area contributed by atoms with Crippen LogP contribution < -0.4 is 10.5 Å². The van der Waals surface area contributed by atoms with Gasteiger partial charge in [0.1, 0.15) is 12.4 Å². The first kappa shape index (κ1) is 14.0. The normalized spacial score (nSPS) is 12.4. The predicted molar refractivity (Wildman–Crippen MR) is 67.1 cm³/mol. The smallest absolute Gasteiger partial charge is 0.119 e. The molecular formula is C13H21NO3. The van der Waals surface area contributed by atoms with E-state index in [-0.39, 0.29) is 12.6 Å². The van der Waals surface area contributed by atoms with E-state index in [4.69, 9.17) is 20.3 Å². The molecule has 0 aliphatic carbocycles. The van der Waals surface area contributed by atoms with E-state index in [0.717, 1.165) is 17.7 Å². The second-order valence-electron chi connectivity index (χ2n) is 3.77. The van der Waals surface area contributed by atoms with Gasteiger partial charge in [-0.2, -0.15) is 0 Å². The van der Waals surface area contributed by atoms with Crippen molar-refractivity contribution in [3.05, 3.63) is 29.8 Å². The van der Waals surface area contributed by atoms with E-state index in [1.807, 2.05) is 24.3 Å². The maximum atomic E-state index is 8.51. The van der Waals surface area contributed by atoms with Gasteiger partial charge in [-0.1, -0.05) is 19.1 Å². The molecule has 1 atom stereocenters. The van der Waals surface area contributed by atoms with Crippen molar-refractivity contribution >= 4 is 0 Å². The first-order chi connectivity index (χ1) is 8.27. The Hall–Kier alpha value is -1.10. The highest BCUT2D eigenvalue weighted by molar-refractivity contribution is 5.28. The van der Waals surface area contributed by atoms with Gasteiger partial charge in [-0.3, -0.25) is 0 Å². The molecule has 0 saturated carbocycles. The highest BCUT2D eigenvalue weighted by Crippen LogP contribution is 2.18. The second-order valence-corrected chi connectivity index (χ2v) is 3.77. The van der Waals surface area contributed by atoms with Crippen LogP contribution in [-0.2, 0) is 4.74 Å². The summed E-state index contributed by atoms with van der Waals surface area (Å²) in [5.74, 6) is 0.810. The van der Waals surface area contributed by atoms with Crippen molar-refractivity contribution in [3.8, 4) is 5.75 Å². The van der Waals surface area contributed by atoms with Gasteiger partial charge in [0.25, 0.3) is 0 Å². The Morgan fingerprint density at radius 3 is 2.47 bits per heavy atom. The van der Waals surface area contributed by atoms with Crippen LogP contribution in [0.5, 0.6) is 5.75 Å². The molecule has 0 spiro atoms. The molecule has 0 radical (unpaired) electrons. The summed E-state index contributed by atoms with van der Waals surface area (Å²) in [6, 6.07) is 7.89. The van der Waals surface area contributed by atoms with Crippen LogP contribution in [0, 0.1) is 0 Å². The Kier molecular flexibility index (Phi) is 6.62. The van der Waals surface area contributed by atoms with Gasteiger partial charge in [-0.25, -0.2) is 0 Å². The van der Waals surface area contributed by atoms with Crippen LogP contribution >= 0.6 is 0 Å². The van der Waals surface area contributed by atoms with Crippen molar-refractivity contribution in [3.63, 3.8) is 0 Å². The van der Waals surface area contributed by atoms with Crippen LogP contribution in [-0.4, -0.2) is 31.5 Å². The molecule has 4 nitrogen and oxygen atoms in total. The largest absolute Gasteiger partial charge is 0.491 e. The van der Waals surface area contributed by atoms with Gasteiger partial charge in [0.15, 0.2) is 0 Å². The molecule has 1 aromatic rings. The summed E-state index contributed by atoms with van der Waals surface area (Å²) in [6.45, 7) is 3.43. The van der Waals surface area contributed by atoms with Gasteiger partial charge < -0.3 is 20.3 Å². The molecule has 0 aromatic heterocycles. The summed E-state index contributed by atoms with van der Waals surface area (Å²) in [7, 11) is 0. The average molecular weight is 239 g/mol. The predicted octanol–water partition coefficient (Wildman–Crippen LogP) is 1.48. The van der Waals surface area contributed by atoms with Crippen LogP contribution in [0.15, 0.2) is 24.3 Å². The Labute approximate surface area is 102 Å². The summed E-state index contributed by atoms with van der Waals surface area (Å²) in [5, 5.41) is 8.51. The quantitative estimate of drug-likeness (QED) is 0.674. The summed E-state index contributed by atoms with van der Waals surface area (Å²) in [6.07, 6.45) is 0.926. The molecular weight excluding hydrogens is 218 g/mol. The lowest BCUT2D eigenvalue weighted by molar-refractivity contribution is 0.0705. The molecule has 0 aliphatic heterocycles. The number of nitrogens with two attached hydrogens (primary N) is 1. The summed E-state index contributed by atoms with van der Waals surface area (Å²) in [5.41, 5.74) is 7.04. The van der Waals surface area contributed by atoms with Crippen molar-refractivity contribution in [2.24, 2.45) is 5.73 Å². The third-order valence-electron chi connectivity index (χ3n) is 2.48. The van der Waals surface area contributed by atoms with Crippen LogP contribution in [0.1, 0.15) is 24.9 Å². The number of ether oxygens (including phenoxy) is 2. The molecule has 0 amide bonds. The van der Waals surface area contributed by atoms with Crippen LogP contribution in [0.3, 0.4) is 0 Å². The molecule has 17 heavy (non-hydrogen) atoms. The Morgan fingerprint density at radius 2 is 1.88 bits per heavy atom. The molecule has 4 heteroatoms. The number of rotatable bonds is 8. The summed E-state index contributed by atoms with van der Waals surface area (Å²) >= 11 is 0. The molecule has 3 N–H and O–H groups in total. The first-order valence-electron chi connectivity index (χ1n) is 5.95. The maximum absolute atomic E-state index is 8.51. The van der Waals surface area contributed by atoms with Gasteiger partial charge in [-0.15, -0.1) is 0 Å². The van der Waals surface area contributed by atoms with Crippen LogP contribution in [0.2, 0.25) is 0 Å². The van der Waals surface area contributed by atoms with E-state index in [0.29, 0.717) is 19.8 Å². The van der Waals surface area contributed by atoms with Gasteiger partial charge in [-0.05, 0) is 24.1 Å². The molecule has 0 bridgehead atoms. The van der Waals surface area contributed by atoms with E-state index >= 15 is 0 Å². The second kappa shape index (κ2) is 8.06. The van der Waals surface area contributed by atoms with Crippen molar-refractivity contribution < 1.29 is 14.6 Å². The fourth-order valence-electron chi connectivity index (χ4n) is 1.43. The Bertz CT molecular complexity index is 300. The number of hydrogen-bond donors (Lipinski definition) is 2. The molecule has 0 fully saturated rings. The maximum Gasteiger partial charge on any atom is 0.119 e. The van der Waals surface area contributed by atoms with E-state index in [1.165, 1.54) is 0 Å². The van der Waals surface area contributed by atoms with Crippen molar-refractivity contribution in [2.45, 2.75) is 19.4 Å². The topological polar surface area (TPSA) is 64.7 Å². The molecule has 0 heterocycles. The summed E-state index contributed by atoms with van der Waals surface area (Å²) in [4.78, 5) is 0. The van der Waals surface area contributed by atoms with Crippen molar-refractivity contribution in [1.29, 1.82) is 0 Å². The van der Waals surface area contributed by atoms with E-state index < -0.39 is 0 Å². The van der Waals surface area contributed by atoms with E-state index in [9.17, 15) is 0 Å². The zero-order valence-electron chi connectivity index (χ0n) is 10.3. The minimum absolute atomic E-state index is 0.0452. The lowest BCUT2D eigenvalue weighted by atomic mass is 10.1. The molecule has 1 aromatic carbocycles. The average Bonchev–Trinajstić information content (AvgIpc) is 2.38. The fraction of sp³-hybridized carbons (Fsp3) is 0.538. The minimum atomic E-state index is 0.0452. The number of aliphatic hydroxyl groups excluding tert-OH is 1. The van der Waals surface area contributed by atoms with Gasteiger partial charge in [0, 0.05) is 6.04 Å². The number of aliphatic hydroxyl groups is 1. The Morgan fingerprint density at radius 1 is 1.18 bits per heavy atom. The lowest BCUT2D eigenvalue weighted by Crippen LogP contribution is -2.10. The third kappa shape index (κ3) is 5.17. The first-order valence-corrected chi connectivity index (χ1v) is 5.95. The van der Waals surface area contributed by atoms with E-state index in [1.54, 1.807) is 0 Å². The van der Waals surface area contributed by atoms with Gasteiger partial charge in [0.2, 0.25) is 0 Å². The number of benzene rings is 1. The SMILES string of the molecule is CCC(N)c1ccc(OCCOCCO)cc1. The van der Waals surface area contributed by atoms with Crippen LogP contribution in [0.25, 0.3) is 0 Å². The molecule has 0 aliphatic rings. The zero-order chi connectivity index (χ0) is 12.5. The molecule has 1 rings (SSSR count). The standard InChI is InChI=1S/C13H21NO3/c1-2-13(14)11-3-5-12(6-4-11)17-10-9-16-8-7-15/h3-6,13,15H,2,7-10,14H2,1H3. The molecule has 0 saturated heterocycles. The fourth-order valence-corrected chi connectivity index (χ4v) is 1.43. The highest BCUT2D eigenvalue weighted by Gasteiger charge is 2.02. The molecule has 96 valence electrons. The summed E-state index contributed by atoms with van der Waals surface area (Å²) < 4.78 is 10.6. The molecule has 1 unspecified atom stereocenters. The van der Waals surface area contributed by atoms with Gasteiger partial charge in [0.05, 0.1) is 19.8 Å². The van der Waals surface area contributed by atoms with Crippen LogP contribution in [0.4, 0.5) is 0 Å².